The predicted octanol–water partition coefficient (Wildman–Crippen LogP) is 3.01. The third-order valence-corrected chi connectivity index (χ3v) is 2.98. The lowest BCUT2D eigenvalue weighted by Crippen LogP contribution is -2.33. The van der Waals surface area contributed by atoms with Gasteiger partial charge in [0.2, 0.25) is 0 Å². The van der Waals surface area contributed by atoms with Crippen LogP contribution >= 0.6 is 0 Å². The molecule has 0 spiro atoms. The van der Waals surface area contributed by atoms with E-state index in [9.17, 15) is 4.79 Å². The Bertz CT molecular complexity index is 497. The fraction of sp³-hybridized carbons (Fsp3) is 0.429. The maximum Gasteiger partial charge on any atom is 0.414 e. The highest BCUT2D eigenvalue weighted by atomic mass is 16.6. The topological polar surface area (TPSA) is 62.1 Å². The van der Waals surface area contributed by atoms with Crippen molar-refractivity contribution in [2.24, 2.45) is 5.16 Å². The van der Waals surface area contributed by atoms with Gasteiger partial charge in [0.25, 0.3) is 0 Å². The smallest absolute Gasteiger partial charge is 0.414 e. The van der Waals surface area contributed by atoms with Crippen molar-refractivity contribution in [2.45, 2.75) is 32.8 Å². The van der Waals surface area contributed by atoms with Crippen LogP contribution in [0.2, 0.25) is 0 Å². The molecule has 0 radical (unpaired) electrons. The van der Waals surface area contributed by atoms with Gasteiger partial charge in [-0.3, -0.25) is 4.90 Å². The first-order valence-electron chi connectivity index (χ1n) is 6.42. The van der Waals surface area contributed by atoms with E-state index >= 15 is 0 Å². The molecule has 5 nitrogen and oxygen atoms in total. The van der Waals surface area contributed by atoms with E-state index in [1.165, 1.54) is 0 Å². The maximum absolute atomic E-state index is 12.1. The second-order valence-electron chi connectivity index (χ2n) is 4.75. The Labute approximate surface area is 112 Å². The molecule has 1 aliphatic rings. The molecule has 0 aromatic heterocycles. The van der Waals surface area contributed by atoms with Crippen molar-refractivity contribution in [3.8, 4) is 0 Å². The van der Waals surface area contributed by atoms with Crippen LogP contribution in [0.15, 0.2) is 29.4 Å². The molecule has 0 unspecified atom stereocenters. The number of oxime groups is 1. The predicted molar refractivity (Wildman–Crippen MR) is 73.0 cm³/mol. The van der Waals surface area contributed by atoms with E-state index in [0.29, 0.717) is 18.7 Å². The summed E-state index contributed by atoms with van der Waals surface area (Å²) in [4.78, 5) is 13.7. The number of para-hydroxylation sites is 1. The van der Waals surface area contributed by atoms with Crippen molar-refractivity contribution < 1.29 is 14.7 Å². The van der Waals surface area contributed by atoms with Crippen molar-refractivity contribution in [1.29, 1.82) is 0 Å². The average molecular weight is 262 g/mol. The van der Waals surface area contributed by atoms with E-state index in [4.69, 9.17) is 9.94 Å². The van der Waals surface area contributed by atoms with Gasteiger partial charge in [0, 0.05) is 12.1 Å². The normalized spacial score (nSPS) is 17.2. The number of fused-ring (bicyclic) bond motifs is 1. The van der Waals surface area contributed by atoms with E-state index in [-0.39, 0.29) is 12.2 Å². The number of hydrogen-bond donors (Lipinski definition) is 1. The van der Waals surface area contributed by atoms with Gasteiger partial charge in [-0.05, 0) is 32.8 Å². The first kappa shape index (κ1) is 13.4. The van der Waals surface area contributed by atoms with Crippen LogP contribution in [0.4, 0.5) is 10.5 Å². The molecule has 102 valence electrons. The molecule has 1 heterocycles. The van der Waals surface area contributed by atoms with Gasteiger partial charge < -0.3 is 9.94 Å². The Morgan fingerprint density at radius 1 is 1.42 bits per heavy atom. The summed E-state index contributed by atoms with van der Waals surface area (Å²) in [6.45, 7) is 4.20. The van der Waals surface area contributed by atoms with Gasteiger partial charge in [-0.2, -0.15) is 0 Å². The SMILES string of the molecule is CC(C)OC(=O)N1CCC/C(=N/O)c2ccccc21. The highest BCUT2D eigenvalue weighted by Crippen LogP contribution is 2.27. The molecule has 1 aromatic carbocycles. The van der Waals surface area contributed by atoms with E-state index in [2.05, 4.69) is 5.16 Å². The minimum atomic E-state index is -0.360. The number of benzene rings is 1. The van der Waals surface area contributed by atoms with Crippen molar-refractivity contribution in [3.05, 3.63) is 29.8 Å². The zero-order valence-electron chi connectivity index (χ0n) is 11.2. The maximum atomic E-state index is 12.1. The second kappa shape index (κ2) is 5.73. The number of amides is 1. The standard InChI is InChI=1S/C14H18N2O3/c1-10(2)19-14(17)16-9-5-7-12(15-18)11-6-3-4-8-13(11)16/h3-4,6,8,10,18H,5,7,9H2,1-2H3/b15-12-. The van der Waals surface area contributed by atoms with Gasteiger partial charge in [0.15, 0.2) is 0 Å². The van der Waals surface area contributed by atoms with Crippen LogP contribution in [-0.2, 0) is 4.74 Å². The molecule has 1 aliphatic heterocycles. The molecule has 5 heteroatoms. The quantitative estimate of drug-likeness (QED) is 0.625. The zero-order chi connectivity index (χ0) is 13.8. The Kier molecular flexibility index (Phi) is 4.04. The number of carbonyl (C=O) groups excluding carboxylic acids is 1. The summed E-state index contributed by atoms with van der Waals surface area (Å²) < 4.78 is 5.26. The van der Waals surface area contributed by atoms with Gasteiger partial charge in [-0.1, -0.05) is 23.4 Å². The van der Waals surface area contributed by atoms with Crippen molar-refractivity contribution in [3.63, 3.8) is 0 Å². The third kappa shape index (κ3) is 2.86. The van der Waals surface area contributed by atoms with E-state index < -0.39 is 0 Å². The molecule has 0 aliphatic carbocycles. The number of anilines is 1. The highest BCUT2D eigenvalue weighted by Gasteiger charge is 2.25. The minimum Gasteiger partial charge on any atom is -0.446 e. The molecule has 2 rings (SSSR count). The van der Waals surface area contributed by atoms with Gasteiger partial charge in [-0.25, -0.2) is 4.79 Å². The molecular weight excluding hydrogens is 244 g/mol. The summed E-state index contributed by atoms with van der Waals surface area (Å²) in [6, 6.07) is 7.41. The molecule has 0 atom stereocenters. The minimum absolute atomic E-state index is 0.158. The summed E-state index contributed by atoms with van der Waals surface area (Å²) in [6.07, 6.45) is 0.857. The summed E-state index contributed by atoms with van der Waals surface area (Å²) >= 11 is 0. The zero-order valence-corrected chi connectivity index (χ0v) is 11.2. The average Bonchev–Trinajstić information content (AvgIpc) is 2.57. The van der Waals surface area contributed by atoms with Gasteiger partial charge in [0.05, 0.1) is 17.5 Å². The molecule has 19 heavy (non-hydrogen) atoms. The van der Waals surface area contributed by atoms with Gasteiger partial charge in [0.1, 0.15) is 0 Å². The largest absolute Gasteiger partial charge is 0.446 e. The Morgan fingerprint density at radius 2 is 2.16 bits per heavy atom. The van der Waals surface area contributed by atoms with Crippen molar-refractivity contribution in [1.82, 2.24) is 0 Å². The van der Waals surface area contributed by atoms with E-state index in [1.807, 2.05) is 38.1 Å². The van der Waals surface area contributed by atoms with Crippen LogP contribution in [0.3, 0.4) is 0 Å². The molecular formula is C14H18N2O3. The Balaban J connectivity index is 2.38. The van der Waals surface area contributed by atoms with Crippen LogP contribution < -0.4 is 4.90 Å². The summed E-state index contributed by atoms with van der Waals surface area (Å²) in [5, 5.41) is 12.4. The van der Waals surface area contributed by atoms with Gasteiger partial charge >= 0.3 is 6.09 Å². The molecule has 0 bridgehead atoms. The van der Waals surface area contributed by atoms with Crippen molar-refractivity contribution >= 4 is 17.5 Å². The molecule has 0 saturated carbocycles. The molecule has 1 N–H and O–H groups in total. The van der Waals surface area contributed by atoms with Crippen molar-refractivity contribution in [2.75, 3.05) is 11.4 Å². The number of rotatable bonds is 1. The van der Waals surface area contributed by atoms with Gasteiger partial charge in [-0.15, -0.1) is 0 Å². The highest BCUT2D eigenvalue weighted by molar-refractivity contribution is 6.08. The third-order valence-electron chi connectivity index (χ3n) is 2.98. The number of nitrogens with zero attached hydrogens (tertiary/aromatic N) is 2. The first-order valence-corrected chi connectivity index (χ1v) is 6.42. The lowest BCUT2D eigenvalue weighted by Gasteiger charge is -2.23. The fourth-order valence-electron chi connectivity index (χ4n) is 2.17. The lowest BCUT2D eigenvalue weighted by atomic mass is 10.1. The number of carbonyl (C=O) groups is 1. The lowest BCUT2D eigenvalue weighted by molar-refractivity contribution is 0.122. The summed E-state index contributed by atoms with van der Waals surface area (Å²) in [5.74, 6) is 0. The summed E-state index contributed by atoms with van der Waals surface area (Å²) in [7, 11) is 0. The van der Waals surface area contributed by atoms with Crippen LogP contribution in [-0.4, -0.2) is 29.7 Å². The Morgan fingerprint density at radius 3 is 2.84 bits per heavy atom. The molecule has 0 fully saturated rings. The number of ether oxygens (including phenoxy) is 1. The Hall–Kier alpha value is -2.04. The van der Waals surface area contributed by atoms with Crippen LogP contribution in [0.25, 0.3) is 0 Å². The fourth-order valence-corrected chi connectivity index (χ4v) is 2.17. The first-order chi connectivity index (χ1) is 9.13. The molecule has 1 amide bonds. The number of hydrogen-bond acceptors (Lipinski definition) is 4. The van der Waals surface area contributed by atoms with E-state index in [0.717, 1.165) is 17.7 Å². The van der Waals surface area contributed by atoms with Crippen LogP contribution in [0.5, 0.6) is 0 Å². The molecule has 1 aromatic rings. The van der Waals surface area contributed by atoms with Crippen LogP contribution in [0, 0.1) is 0 Å². The van der Waals surface area contributed by atoms with E-state index in [1.54, 1.807) is 4.90 Å². The molecule has 0 saturated heterocycles. The monoisotopic (exact) mass is 262 g/mol. The van der Waals surface area contributed by atoms with Crippen LogP contribution in [0.1, 0.15) is 32.3 Å². The second-order valence-corrected chi connectivity index (χ2v) is 4.75. The summed E-state index contributed by atoms with van der Waals surface area (Å²) in [5.41, 5.74) is 2.12.